The molecule has 1 aromatic heterocycles. The van der Waals surface area contributed by atoms with Crippen LogP contribution in [-0.4, -0.2) is 64.4 Å². The van der Waals surface area contributed by atoms with Gasteiger partial charge in [0.1, 0.15) is 0 Å². The third kappa shape index (κ3) is 3.49. The number of nitrogens with zero attached hydrogens (tertiary/aromatic N) is 4. The molecule has 2 fully saturated rings. The van der Waals surface area contributed by atoms with E-state index in [1.165, 1.54) is 6.42 Å². The van der Waals surface area contributed by atoms with Crippen LogP contribution in [0.15, 0.2) is 4.79 Å². The Morgan fingerprint density at radius 2 is 1.92 bits per heavy atom. The topological polar surface area (TPSA) is 72.5 Å². The minimum atomic E-state index is -0.0413. The molecule has 3 aliphatic rings. The van der Waals surface area contributed by atoms with E-state index in [1.54, 1.807) is 0 Å². The summed E-state index contributed by atoms with van der Waals surface area (Å²) in [5, 5.41) is 0. The average Bonchev–Trinajstić information content (AvgIpc) is 3.17. The van der Waals surface area contributed by atoms with Crippen LogP contribution in [0.1, 0.15) is 50.3 Å². The number of aromatic amines is 1. The molecule has 0 radical (unpaired) electrons. The van der Waals surface area contributed by atoms with Gasteiger partial charge in [-0.05, 0) is 39.0 Å². The van der Waals surface area contributed by atoms with Gasteiger partial charge < -0.3 is 9.80 Å². The van der Waals surface area contributed by atoms with Gasteiger partial charge in [-0.3, -0.25) is 19.5 Å². The van der Waals surface area contributed by atoms with Gasteiger partial charge in [0.25, 0.3) is 5.56 Å². The van der Waals surface area contributed by atoms with Gasteiger partial charge in [0, 0.05) is 45.2 Å². The van der Waals surface area contributed by atoms with Gasteiger partial charge >= 0.3 is 0 Å². The Hall–Kier alpha value is -1.89. The highest BCUT2D eigenvalue weighted by atomic mass is 16.2. The molecule has 0 unspecified atom stereocenters. The third-order valence-electron chi connectivity index (χ3n) is 6.02. The van der Waals surface area contributed by atoms with Crippen molar-refractivity contribution in [3.63, 3.8) is 0 Å². The van der Waals surface area contributed by atoms with Gasteiger partial charge in [-0.2, -0.15) is 0 Å². The molecule has 0 bridgehead atoms. The van der Waals surface area contributed by atoms with Crippen LogP contribution in [0.4, 0.5) is 5.95 Å². The minimum absolute atomic E-state index is 0.0413. The number of rotatable bonds is 3. The first kappa shape index (κ1) is 17.5. The number of aromatic nitrogens is 2. The highest BCUT2D eigenvalue weighted by molar-refractivity contribution is 5.78. The molecule has 0 saturated carbocycles. The lowest BCUT2D eigenvalue weighted by Gasteiger charge is -2.36. The summed E-state index contributed by atoms with van der Waals surface area (Å²) in [7, 11) is 0. The van der Waals surface area contributed by atoms with Crippen LogP contribution in [0, 0.1) is 0 Å². The monoisotopic (exact) mass is 359 g/mol. The van der Waals surface area contributed by atoms with Crippen LogP contribution in [0.25, 0.3) is 0 Å². The van der Waals surface area contributed by atoms with Crippen molar-refractivity contribution in [2.45, 2.75) is 58.0 Å². The molecule has 1 atom stereocenters. The highest BCUT2D eigenvalue weighted by Crippen LogP contribution is 2.20. The average molecular weight is 359 g/mol. The quantitative estimate of drug-likeness (QED) is 0.876. The van der Waals surface area contributed by atoms with E-state index in [1.807, 2.05) is 4.90 Å². The molecule has 1 aromatic rings. The molecule has 1 N–H and O–H groups in total. The summed E-state index contributed by atoms with van der Waals surface area (Å²) in [5.74, 6) is 0.914. The molecule has 7 heteroatoms. The number of carbonyl (C=O) groups is 1. The van der Waals surface area contributed by atoms with E-state index in [2.05, 4.69) is 21.7 Å². The van der Waals surface area contributed by atoms with E-state index in [0.29, 0.717) is 19.1 Å². The molecule has 0 aromatic carbocycles. The van der Waals surface area contributed by atoms with Gasteiger partial charge in [0.05, 0.1) is 17.8 Å². The fourth-order valence-electron chi connectivity index (χ4n) is 4.43. The van der Waals surface area contributed by atoms with Crippen molar-refractivity contribution >= 4 is 11.9 Å². The van der Waals surface area contributed by atoms with Gasteiger partial charge in [0.15, 0.2) is 0 Å². The summed E-state index contributed by atoms with van der Waals surface area (Å²) < 4.78 is 0. The molecule has 0 spiro atoms. The maximum absolute atomic E-state index is 12.7. The van der Waals surface area contributed by atoms with E-state index in [9.17, 15) is 9.59 Å². The second kappa shape index (κ2) is 7.39. The van der Waals surface area contributed by atoms with Crippen molar-refractivity contribution in [3.8, 4) is 0 Å². The third-order valence-corrected chi connectivity index (χ3v) is 6.02. The van der Waals surface area contributed by atoms with Crippen LogP contribution in [-0.2, 0) is 17.8 Å². The molecular formula is C19H29N5O2. The summed E-state index contributed by atoms with van der Waals surface area (Å²) in [6.45, 7) is 6.65. The Balaban J connectivity index is 1.44. The number of hydrogen-bond acceptors (Lipinski definition) is 5. The number of fused-ring (bicyclic) bond motifs is 1. The molecule has 2 saturated heterocycles. The van der Waals surface area contributed by atoms with Crippen molar-refractivity contribution in [1.82, 2.24) is 19.8 Å². The summed E-state index contributed by atoms with van der Waals surface area (Å²) in [6, 6.07) is 0.335. The first-order valence-corrected chi connectivity index (χ1v) is 10.0. The van der Waals surface area contributed by atoms with Gasteiger partial charge in [-0.1, -0.05) is 0 Å². The molecular weight excluding hydrogens is 330 g/mol. The van der Waals surface area contributed by atoms with Gasteiger partial charge in [0.2, 0.25) is 11.9 Å². The zero-order valence-corrected chi connectivity index (χ0v) is 15.7. The van der Waals surface area contributed by atoms with E-state index < -0.39 is 0 Å². The van der Waals surface area contributed by atoms with E-state index >= 15 is 0 Å². The van der Waals surface area contributed by atoms with E-state index in [-0.39, 0.29) is 11.5 Å². The van der Waals surface area contributed by atoms with Crippen LogP contribution in [0.3, 0.4) is 0 Å². The predicted molar refractivity (Wildman–Crippen MR) is 100 cm³/mol. The molecule has 0 aliphatic carbocycles. The normalized spacial score (nSPS) is 24.0. The zero-order valence-electron chi connectivity index (χ0n) is 15.7. The van der Waals surface area contributed by atoms with Crippen molar-refractivity contribution < 1.29 is 4.79 Å². The fraction of sp³-hybridized carbons (Fsp3) is 0.737. The maximum Gasteiger partial charge on any atom is 0.257 e. The maximum atomic E-state index is 12.7. The molecule has 4 heterocycles. The number of anilines is 1. The lowest BCUT2D eigenvalue weighted by Crippen LogP contribution is -2.48. The standard InChI is InChI=1S/C19H29N5O2/c1-14-6-2-3-10-24(14)17(25)13-22-11-7-16-15(12-22)18(26)21-19(20-16)23-8-4-5-9-23/h14H,2-13H2,1H3,(H,20,21,26)/t14-/m1/s1. The number of nitrogens with one attached hydrogen (secondary N) is 1. The van der Waals surface area contributed by atoms with Crippen molar-refractivity contribution in [2.75, 3.05) is 37.6 Å². The number of likely N-dealkylation sites (tertiary alicyclic amines) is 1. The summed E-state index contributed by atoms with van der Waals surface area (Å²) in [4.78, 5) is 39.2. The lowest BCUT2D eigenvalue weighted by molar-refractivity contribution is -0.135. The van der Waals surface area contributed by atoms with Crippen LogP contribution < -0.4 is 10.5 Å². The highest BCUT2D eigenvalue weighted by Gasteiger charge is 2.28. The van der Waals surface area contributed by atoms with Gasteiger partial charge in [-0.15, -0.1) is 0 Å². The van der Waals surface area contributed by atoms with Crippen molar-refractivity contribution in [2.24, 2.45) is 0 Å². The second-order valence-electron chi connectivity index (χ2n) is 7.90. The molecule has 7 nitrogen and oxygen atoms in total. The van der Waals surface area contributed by atoms with Crippen LogP contribution in [0.2, 0.25) is 0 Å². The number of piperidine rings is 1. The number of hydrogen-bond donors (Lipinski definition) is 1. The fourth-order valence-corrected chi connectivity index (χ4v) is 4.43. The largest absolute Gasteiger partial charge is 0.342 e. The Morgan fingerprint density at radius 1 is 1.15 bits per heavy atom. The van der Waals surface area contributed by atoms with E-state index in [0.717, 1.165) is 75.5 Å². The smallest absolute Gasteiger partial charge is 0.257 e. The summed E-state index contributed by atoms with van der Waals surface area (Å²) in [5.41, 5.74) is 1.60. The lowest BCUT2D eigenvalue weighted by atomic mass is 10.0. The molecule has 1 amide bonds. The molecule has 4 rings (SSSR count). The Morgan fingerprint density at radius 3 is 2.69 bits per heavy atom. The molecule has 26 heavy (non-hydrogen) atoms. The first-order chi connectivity index (χ1) is 12.6. The Bertz CT molecular complexity index is 725. The SMILES string of the molecule is C[C@@H]1CCCCN1C(=O)CN1CCc2nc(N3CCCC3)[nH]c(=O)c2C1. The summed E-state index contributed by atoms with van der Waals surface area (Å²) in [6.07, 6.45) is 6.46. The molecule has 3 aliphatic heterocycles. The second-order valence-corrected chi connectivity index (χ2v) is 7.90. The first-order valence-electron chi connectivity index (χ1n) is 10.0. The number of carbonyl (C=O) groups excluding carboxylic acids is 1. The van der Waals surface area contributed by atoms with Crippen molar-refractivity contribution in [1.29, 1.82) is 0 Å². The van der Waals surface area contributed by atoms with Crippen LogP contribution in [0.5, 0.6) is 0 Å². The minimum Gasteiger partial charge on any atom is -0.342 e. The molecule has 142 valence electrons. The number of H-pyrrole nitrogens is 1. The number of amides is 1. The van der Waals surface area contributed by atoms with E-state index in [4.69, 9.17) is 4.98 Å². The Kier molecular flexibility index (Phi) is 4.98. The summed E-state index contributed by atoms with van der Waals surface area (Å²) >= 11 is 0. The zero-order chi connectivity index (χ0) is 18.1. The van der Waals surface area contributed by atoms with Crippen molar-refractivity contribution in [3.05, 3.63) is 21.6 Å². The Labute approximate surface area is 154 Å². The van der Waals surface area contributed by atoms with Gasteiger partial charge in [-0.25, -0.2) is 4.98 Å². The van der Waals surface area contributed by atoms with Crippen LogP contribution >= 0.6 is 0 Å². The predicted octanol–water partition coefficient (Wildman–Crippen LogP) is 1.13.